The molecule has 1 aliphatic heterocycles. The van der Waals surface area contributed by atoms with Gasteiger partial charge in [0.25, 0.3) is 0 Å². The number of amides is 1. The third kappa shape index (κ3) is 4.12. The van der Waals surface area contributed by atoms with Crippen molar-refractivity contribution in [2.24, 2.45) is 4.99 Å². The van der Waals surface area contributed by atoms with Crippen molar-refractivity contribution in [1.82, 2.24) is 0 Å². The minimum absolute atomic E-state index is 0.0278. The molecular formula is C18H16Cl2N2OS. The molecule has 0 spiro atoms. The Morgan fingerprint density at radius 3 is 2.25 bits per heavy atom. The summed E-state index contributed by atoms with van der Waals surface area (Å²) in [6.07, 6.45) is 0.285. The van der Waals surface area contributed by atoms with Crippen molar-refractivity contribution >= 4 is 51.7 Å². The van der Waals surface area contributed by atoms with Gasteiger partial charge in [-0.2, -0.15) is 0 Å². The molecular weight excluding hydrogens is 363 g/mol. The van der Waals surface area contributed by atoms with Crippen LogP contribution >= 0.6 is 35.0 Å². The lowest BCUT2D eigenvalue weighted by Crippen LogP contribution is -2.35. The molecule has 124 valence electrons. The van der Waals surface area contributed by atoms with Gasteiger partial charge in [0, 0.05) is 15.8 Å². The van der Waals surface area contributed by atoms with E-state index in [-0.39, 0.29) is 18.4 Å². The Morgan fingerprint density at radius 2 is 1.71 bits per heavy atom. The number of hydrogen-bond donors (Lipinski definition) is 0. The number of thioether (sulfide) groups is 1. The van der Waals surface area contributed by atoms with Crippen molar-refractivity contribution in [2.75, 3.05) is 10.7 Å². The lowest BCUT2D eigenvalue weighted by Gasteiger charge is -2.22. The zero-order valence-corrected chi connectivity index (χ0v) is 15.4. The van der Waals surface area contributed by atoms with Gasteiger partial charge in [0.2, 0.25) is 5.91 Å². The summed E-state index contributed by atoms with van der Waals surface area (Å²) in [5.41, 5.74) is 1.69. The summed E-state index contributed by atoms with van der Waals surface area (Å²) in [6, 6.07) is 14.8. The number of benzene rings is 2. The van der Waals surface area contributed by atoms with Crippen molar-refractivity contribution in [1.29, 1.82) is 0 Å². The van der Waals surface area contributed by atoms with Gasteiger partial charge < -0.3 is 0 Å². The van der Waals surface area contributed by atoms with Crippen LogP contribution in [0.1, 0.15) is 12.5 Å². The van der Waals surface area contributed by atoms with Crippen LogP contribution in [0, 0.1) is 0 Å². The van der Waals surface area contributed by atoms with Crippen LogP contribution in [-0.4, -0.2) is 22.9 Å². The van der Waals surface area contributed by atoms with E-state index in [0.717, 1.165) is 22.2 Å². The third-order valence-electron chi connectivity index (χ3n) is 3.58. The summed E-state index contributed by atoms with van der Waals surface area (Å²) < 4.78 is 0. The molecule has 6 heteroatoms. The van der Waals surface area contributed by atoms with Gasteiger partial charge in [0.05, 0.1) is 18.2 Å². The Hall–Kier alpha value is -1.49. The van der Waals surface area contributed by atoms with E-state index in [1.807, 2.05) is 31.2 Å². The van der Waals surface area contributed by atoms with Gasteiger partial charge in [-0.3, -0.25) is 14.7 Å². The molecule has 0 bridgehead atoms. The second-order valence-corrected chi connectivity index (χ2v) is 7.44. The summed E-state index contributed by atoms with van der Waals surface area (Å²) in [7, 11) is 0. The van der Waals surface area contributed by atoms with Gasteiger partial charge in [0.15, 0.2) is 5.17 Å². The zero-order valence-electron chi connectivity index (χ0n) is 13.1. The van der Waals surface area contributed by atoms with Gasteiger partial charge in [0.1, 0.15) is 0 Å². The molecule has 3 rings (SSSR count). The molecule has 2 aromatic carbocycles. The number of amidine groups is 1. The normalized spacial score (nSPS) is 16.8. The second-order valence-electron chi connectivity index (χ2n) is 5.58. The second kappa shape index (κ2) is 7.60. The molecule has 1 aliphatic rings. The molecule has 0 fully saturated rings. The highest BCUT2D eigenvalue weighted by molar-refractivity contribution is 8.14. The quantitative estimate of drug-likeness (QED) is 0.747. The van der Waals surface area contributed by atoms with E-state index in [1.165, 1.54) is 0 Å². The molecule has 0 saturated heterocycles. The van der Waals surface area contributed by atoms with Gasteiger partial charge in [-0.15, -0.1) is 0 Å². The van der Waals surface area contributed by atoms with E-state index in [4.69, 9.17) is 23.2 Å². The fraction of sp³-hybridized carbons (Fsp3) is 0.222. The van der Waals surface area contributed by atoms with Crippen molar-refractivity contribution in [2.45, 2.75) is 19.4 Å². The Morgan fingerprint density at radius 1 is 1.12 bits per heavy atom. The van der Waals surface area contributed by atoms with Gasteiger partial charge in [-0.05, 0) is 48.9 Å². The maximum absolute atomic E-state index is 12.9. The lowest BCUT2D eigenvalue weighted by molar-refractivity contribution is -0.117. The van der Waals surface area contributed by atoms with Crippen LogP contribution in [0.15, 0.2) is 53.5 Å². The minimum atomic E-state index is -0.0278. The van der Waals surface area contributed by atoms with Crippen LogP contribution in [0.4, 0.5) is 5.69 Å². The number of carbonyl (C=O) groups excluding carboxylic acids is 1. The van der Waals surface area contributed by atoms with E-state index in [0.29, 0.717) is 10.0 Å². The maximum Gasteiger partial charge on any atom is 0.237 e. The predicted octanol–water partition coefficient (Wildman–Crippen LogP) is 5.06. The Bertz CT molecular complexity index is 760. The van der Waals surface area contributed by atoms with Crippen molar-refractivity contribution < 1.29 is 4.79 Å². The van der Waals surface area contributed by atoms with E-state index < -0.39 is 0 Å². The van der Waals surface area contributed by atoms with E-state index in [2.05, 4.69) is 4.99 Å². The topological polar surface area (TPSA) is 32.7 Å². The van der Waals surface area contributed by atoms with Gasteiger partial charge >= 0.3 is 0 Å². The number of carbonyl (C=O) groups is 1. The summed E-state index contributed by atoms with van der Waals surface area (Å²) in [4.78, 5) is 19.2. The molecule has 1 amide bonds. The molecule has 3 nitrogen and oxygen atoms in total. The zero-order chi connectivity index (χ0) is 17.1. The fourth-order valence-electron chi connectivity index (χ4n) is 2.39. The molecule has 24 heavy (non-hydrogen) atoms. The molecule has 1 heterocycles. The third-order valence-corrected chi connectivity index (χ3v) is 5.28. The Labute approximate surface area is 155 Å². The number of nitrogens with zero attached hydrogens (tertiary/aromatic N) is 2. The molecule has 1 atom stereocenters. The monoisotopic (exact) mass is 378 g/mol. The Kier molecular flexibility index (Phi) is 5.49. The van der Waals surface area contributed by atoms with Crippen LogP contribution in [0.5, 0.6) is 0 Å². The summed E-state index contributed by atoms with van der Waals surface area (Å²) in [5.74, 6) is 0.855. The average molecular weight is 379 g/mol. The lowest BCUT2D eigenvalue weighted by atomic mass is 10.1. The van der Waals surface area contributed by atoms with E-state index in [1.54, 1.807) is 40.9 Å². The van der Waals surface area contributed by atoms with E-state index in [9.17, 15) is 4.79 Å². The average Bonchev–Trinajstić information content (AvgIpc) is 2.98. The fourth-order valence-corrected chi connectivity index (χ4v) is 3.70. The number of hydrogen-bond acceptors (Lipinski definition) is 3. The van der Waals surface area contributed by atoms with Crippen LogP contribution in [0.2, 0.25) is 10.0 Å². The van der Waals surface area contributed by atoms with Gasteiger partial charge in [-0.1, -0.05) is 47.1 Å². The SMILES string of the molecule is C[C@H]1CSC(N(C(=O)Cc2ccc(Cl)cc2)c2ccc(Cl)cc2)=N1. The minimum Gasteiger partial charge on any atom is -0.274 e. The first-order valence-electron chi connectivity index (χ1n) is 7.56. The molecule has 0 aromatic heterocycles. The van der Waals surface area contributed by atoms with Crippen LogP contribution < -0.4 is 4.90 Å². The van der Waals surface area contributed by atoms with Gasteiger partial charge in [-0.25, -0.2) is 0 Å². The number of rotatable bonds is 3. The first kappa shape index (κ1) is 17.3. The van der Waals surface area contributed by atoms with Crippen LogP contribution in [-0.2, 0) is 11.2 Å². The van der Waals surface area contributed by atoms with Crippen molar-refractivity contribution in [3.05, 3.63) is 64.1 Å². The predicted molar refractivity (Wildman–Crippen MR) is 103 cm³/mol. The van der Waals surface area contributed by atoms with Crippen LogP contribution in [0.25, 0.3) is 0 Å². The molecule has 0 radical (unpaired) electrons. The first-order valence-corrected chi connectivity index (χ1v) is 9.30. The highest BCUT2D eigenvalue weighted by Crippen LogP contribution is 2.27. The molecule has 0 aliphatic carbocycles. The largest absolute Gasteiger partial charge is 0.274 e. The number of halogens is 2. The number of aliphatic imine (C=N–C) groups is 1. The summed E-state index contributed by atoms with van der Waals surface area (Å²) in [6.45, 7) is 2.05. The first-order chi connectivity index (χ1) is 11.5. The highest BCUT2D eigenvalue weighted by Gasteiger charge is 2.26. The molecule has 0 N–H and O–H groups in total. The maximum atomic E-state index is 12.9. The standard InChI is InChI=1S/C18H16Cl2N2OS/c1-12-11-24-18(21-12)22(16-8-6-15(20)7-9-16)17(23)10-13-2-4-14(19)5-3-13/h2-9,12H,10-11H2,1H3/t12-/m0/s1. The van der Waals surface area contributed by atoms with E-state index >= 15 is 0 Å². The highest BCUT2D eigenvalue weighted by atomic mass is 35.5. The van der Waals surface area contributed by atoms with Crippen LogP contribution in [0.3, 0.4) is 0 Å². The molecule has 0 saturated carbocycles. The summed E-state index contributed by atoms with van der Waals surface area (Å²) in [5, 5.41) is 2.03. The summed E-state index contributed by atoms with van der Waals surface area (Å²) >= 11 is 13.5. The van der Waals surface area contributed by atoms with Crippen molar-refractivity contribution in [3.63, 3.8) is 0 Å². The molecule has 2 aromatic rings. The Balaban J connectivity index is 1.89. The number of anilines is 1. The van der Waals surface area contributed by atoms with Crippen molar-refractivity contribution in [3.8, 4) is 0 Å². The smallest absolute Gasteiger partial charge is 0.237 e. The molecule has 0 unspecified atom stereocenters.